The molecule has 3 nitrogen and oxygen atoms in total. The molecular formula is C46H28N2O. The lowest BCUT2D eigenvalue weighted by atomic mass is 9.91. The molecule has 0 aliphatic heterocycles. The quantitative estimate of drug-likeness (QED) is 0.144. The summed E-state index contributed by atoms with van der Waals surface area (Å²) in [6.45, 7) is 0. The Balaban J connectivity index is 1.23. The molecule has 228 valence electrons. The second-order valence-electron chi connectivity index (χ2n) is 12.5. The van der Waals surface area contributed by atoms with E-state index in [1.165, 1.54) is 32.3 Å². The van der Waals surface area contributed by atoms with Gasteiger partial charge in [0.15, 0.2) is 5.82 Å². The highest BCUT2D eigenvalue weighted by Gasteiger charge is 2.18. The first kappa shape index (κ1) is 27.5. The Kier molecular flexibility index (Phi) is 6.18. The lowest BCUT2D eigenvalue weighted by Crippen LogP contribution is -1.97. The van der Waals surface area contributed by atoms with Crippen LogP contribution >= 0.6 is 0 Å². The lowest BCUT2D eigenvalue weighted by molar-refractivity contribution is 0.670. The van der Waals surface area contributed by atoms with Gasteiger partial charge in [0.2, 0.25) is 0 Å². The standard InChI is InChI=1S/C46H28N2O/c1-2-13-30(14-3-1)46-47-41(33-17-10-16-31(26-33)36-21-11-22-39-37-20-8-9-23-43(37)49-45(36)39)28-42(48-46)44-35-19-7-5-15-32(35)27-40-34-18-6-4-12-29(34)24-25-38(40)44/h1-28H. The molecule has 0 radical (unpaired) electrons. The van der Waals surface area contributed by atoms with Gasteiger partial charge in [-0.1, -0.05) is 146 Å². The Morgan fingerprint density at radius 3 is 1.94 bits per heavy atom. The summed E-state index contributed by atoms with van der Waals surface area (Å²) in [5.41, 5.74) is 8.78. The van der Waals surface area contributed by atoms with Crippen molar-refractivity contribution in [3.63, 3.8) is 0 Å². The molecule has 0 saturated carbocycles. The highest BCUT2D eigenvalue weighted by Crippen LogP contribution is 2.41. The maximum absolute atomic E-state index is 6.42. The third kappa shape index (κ3) is 4.51. The summed E-state index contributed by atoms with van der Waals surface area (Å²) in [4.78, 5) is 10.5. The van der Waals surface area contributed by atoms with Crippen molar-refractivity contribution in [3.8, 4) is 45.0 Å². The van der Waals surface area contributed by atoms with Gasteiger partial charge in [0.25, 0.3) is 0 Å². The van der Waals surface area contributed by atoms with E-state index < -0.39 is 0 Å². The second kappa shape index (κ2) is 11.0. The van der Waals surface area contributed by atoms with Crippen LogP contribution in [0.1, 0.15) is 0 Å². The molecule has 2 aromatic heterocycles. The van der Waals surface area contributed by atoms with E-state index in [1.54, 1.807) is 0 Å². The summed E-state index contributed by atoms with van der Waals surface area (Å²) >= 11 is 0. The number of para-hydroxylation sites is 2. The lowest BCUT2D eigenvalue weighted by Gasteiger charge is -2.15. The van der Waals surface area contributed by atoms with E-state index >= 15 is 0 Å². The minimum absolute atomic E-state index is 0.694. The first-order valence-corrected chi connectivity index (χ1v) is 16.6. The Bertz CT molecular complexity index is 2890. The van der Waals surface area contributed by atoms with Gasteiger partial charge in [0, 0.05) is 33.0 Å². The molecule has 10 aromatic rings. The van der Waals surface area contributed by atoms with Gasteiger partial charge in [-0.05, 0) is 62.1 Å². The highest BCUT2D eigenvalue weighted by atomic mass is 16.3. The second-order valence-corrected chi connectivity index (χ2v) is 12.5. The number of fused-ring (bicyclic) bond motifs is 7. The van der Waals surface area contributed by atoms with Crippen LogP contribution in [0.5, 0.6) is 0 Å². The molecule has 0 N–H and O–H groups in total. The summed E-state index contributed by atoms with van der Waals surface area (Å²) in [5, 5.41) is 9.43. The van der Waals surface area contributed by atoms with Crippen LogP contribution in [0.2, 0.25) is 0 Å². The van der Waals surface area contributed by atoms with E-state index in [1.807, 2.05) is 30.3 Å². The van der Waals surface area contributed by atoms with Crippen molar-refractivity contribution in [2.75, 3.05) is 0 Å². The Morgan fingerprint density at radius 2 is 1.04 bits per heavy atom. The molecule has 0 saturated heterocycles. The van der Waals surface area contributed by atoms with E-state index in [0.717, 1.165) is 61.1 Å². The third-order valence-electron chi connectivity index (χ3n) is 9.66. The molecule has 0 bridgehead atoms. The van der Waals surface area contributed by atoms with E-state index in [4.69, 9.17) is 14.4 Å². The average molecular weight is 625 g/mol. The Hall–Kier alpha value is -6.58. The monoisotopic (exact) mass is 624 g/mol. The Morgan fingerprint density at radius 1 is 0.367 bits per heavy atom. The van der Waals surface area contributed by atoms with Crippen LogP contribution in [0, 0.1) is 0 Å². The van der Waals surface area contributed by atoms with Crippen molar-refractivity contribution in [1.29, 1.82) is 0 Å². The summed E-state index contributed by atoms with van der Waals surface area (Å²) in [6, 6.07) is 59.7. The first-order chi connectivity index (χ1) is 24.3. The van der Waals surface area contributed by atoms with Crippen molar-refractivity contribution in [2.24, 2.45) is 0 Å². The third-order valence-corrected chi connectivity index (χ3v) is 9.66. The maximum Gasteiger partial charge on any atom is 0.160 e. The fourth-order valence-corrected chi connectivity index (χ4v) is 7.36. The molecule has 0 aliphatic rings. The van der Waals surface area contributed by atoms with Crippen LogP contribution in [0.15, 0.2) is 174 Å². The number of aromatic nitrogens is 2. The predicted octanol–water partition coefficient (Wildman–Crippen LogP) is 12.5. The zero-order chi connectivity index (χ0) is 32.3. The van der Waals surface area contributed by atoms with Gasteiger partial charge in [-0.2, -0.15) is 0 Å². The highest BCUT2D eigenvalue weighted by molar-refractivity contribution is 6.20. The molecule has 0 fully saturated rings. The topological polar surface area (TPSA) is 38.9 Å². The zero-order valence-corrected chi connectivity index (χ0v) is 26.5. The molecular weight excluding hydrogens is 597 g/mol. The summed E-state index contributed by atoms with van der Waals surface area (Å²) in [6.07, 6.45) is 0. The molecule has 3 heteroatoms. The van der Waals surface area contributed by atoms with Crippen molar-refractivity contribution in [2.45, 2.75) is 0 Å². The number of furan rings is 1. The largest absolute Gasteiger partial charge is 0.455 e. The number of benzene rings is 8. The van der Waals surface area contributed by atoms with Crippen LogP contribution in [0.25, 0.3) is 99.3 Å². The van der Waals surface area contributed by atoms with Gasteiger partial charge in [-0.15, -0.1) is 0 Å². The van der Waals surface area contributed by atoms with Gasteiger partial charge in [-0.25, -0.2) is 9.97 Å². The smallest absolute Gasteiger partial charge is 0.160 e. The van der Waals surface area contributed by atoms with Gasteiger partial charge >= 0.3 is 0 Å². The van der Waals surface area contributed by atoms with Crippen LogP contribution in [-0.4, -0.2) is 9.97 Å². The molecule has 0 amide bonds. The van der Waals surface area contributed by atoms with Crippen LogP contribution in [-0.2, 0) is 0 Å². The normalized spacial score (nSPS) is 11.7. The molecule has 49 heavy (non-hydrogen) atoms. The minimum atomic E-state index is 0.694. The van der Waals surface area contributed by atoms with Gasteiger partial charge in [-0.3, -0.25) is 0 Å². The fraction of sp³-hybridized carbons (Fsp3) is 0. The van der Waals surface area contributed by atoms with Gasteiger partial charge in [0.1, 0.15) is 11.2 Å². The van der Waals surface area contributed by atoms with Gasteiger partial charge in [0.05, 0.1) is 11.4 Å². The number of nitrogens with zero attached hydrogens (tertiary/aromatic N) is 2. The summed E-state index contributed by atoms with van der Waals surface area (Å²) in [5.74, 6) is 0.694. The zero-order valence-electron chi connectivity index (χ0n) is 26.5. The van der Waals surface area contributed by atoms with Crippen molar-refractivity contribution < 1.29 is 4.42 Å². The van der Waals surface area contributed by atoms with Crippen LogP contribution in [0.4, 0.5) is 0 Å². The van der Waals surface area contributed by atoms with Crippen molar-refractivity contribution >= 4 is 54.3 Å². The van der Waals surface area contributed by atoms with Gasteiger partial charge < -0.3 is 4.42 Å². The summed E-state index contributed by atoms with van der Waals surface area (Å²) < 4.78 is 6.42. The van der Waals surface area contributed by atoms with E-state index in [-0.39, 0.29) is 0 Å². The summed E-state index contributed by atoms with van der Waals surface area (Å²) in [7, 11) is 0. The molecule has 8 aromatic carbocycles. The maximum atomic E-state index is 6.42. The Labute approximate surface area is 282 Å². The SMILES string of the molecule is c1ccc(-c2nc(-c3cccc(-c4cccc5c4oc4ccccc45)c3)cc(-c3c4ccccc4cc4c3ccc3ccccc34)n2)cc1. The van der Waals surface area contributed by atoms with Crippen LogP contribution < -0.4 is 0 Å². The molecule has 0 aliphatic carbocycles. The molecule has 0 unspecified atom stereocenters. The molecule has 0 atom stereocenters. The molecule has 2 heterocycles. The average Bonchev–Trinajstić information content (AvgIpc) is 3.56. The van der Waals surface area contributed by atoms with E-state index in [9.17, 15) is 0 Å². The predicted molar refractivity (Wildman–Crippen MR) is 204 cm³/mol. The number of hydrogen-bond donors (Lipinski definition) is 0. The first-order valence-electron chi connectivity index (χ1n) is 16.6. The van der Waals surface area contributed by atoms with E-state index in [0.29, 0.717) is 5.82 Å². The van der Waals surface area contributed by atoms with Crippen LogP contribution in [0.3, 0.4) is 0 Å². The molecule has 0 spiro atoms. The molecule has 10 rings (SSSR count). The number of hydrogen-bond acceptors (Lipinski definition) is 3. The van der Waals surface area contributed by atoms with Crippen molar-refractivity contribution in [1.82, 2.24) is 9.97 Å². The number of rotatable bonds is 4. The minimum Gasteiger partial charge on any atom is -0.455 e. The fourth-order valence-electron chi connectivity index (χ4n) is 7.36. The van der Waals surface area contributed by atoms with Crippen molar-refractivity contribution in [3.05, 3.63) is 170 Å². The van der Waals surface area contributed by atoms with E-state index in [2.05, 4.69) is 140 Å².